The van der Waals surface area contributed by atoms with Crippen molar-refractivity contribution < 1.29 is 28.3 Å². The lowest BCUT2D eigenvalue weighted by Crippen LogP contribution is -2.50. The van der Waals surface area contributed by atoms with Crippen molar-refractivity contribution in [3.8, 4) is 5.75 Å². The molecule has 1 aromatic heterocycles. The zero-order valence-corrected chi connectivity index (χ0v) is 17.0. The maximum absolute atomic E-state index is 12.4. The van der Waals surface area contributed by atoms with Gasteiger partial charge in [-0.3, -0.25) is 10.1 Å². The number of amides is 3. The monoisotopic (exact) mass is 390 g/mol. The first kappa shape index (κ1) is 21.3. The summed E-state index contributed by atoms with van der Waals surface area (Å²) < 4.78 is 16.2. The highest BCUT2D eigenvalue weighted by Crippen LogP contribution is 2.29. The normalized spacial score (nSPS) is 12.4. The number of nitrogens with one attached hydrogen (secondary N) is 2. The van der Waals surface area contributed by atoms with Gasteiger partial charge in [0.15, 0.2) is 6.10 Å². The van der Waals surface area contributed by atoms with Crippen LogP contribution in [0.4, 0.5) is 4.79 Å². The van der Waals surface area contributed by atoms with Crippen LogP contribution in [-0.4, -0.2) is 36.2 Å². The van der Waals surface area contributed by atoms with E-state index in [4.69, 9.17) is 13.9 Å². The molecule has 28 heavy (non-hydrogen) atoms. The molecule has 0 fully saturated rings. The minimum atomic E-state index is -1.18. The van der Waals surface area contributed by atoms with Crippen molar-refractivity contribution in [1.29, 1.82) is 0 Å². The van der Waals surface area contributed by atoms with Crippen molar-refractivity contribution in [3.05, 3.63) is 29.5 Å². The van der Waals surface area contributed by atoms with Crippen molar-refractivity contribution in [2.45, 2.75) is 53.2 Å². The van der Waals surface area contributed by atoms with Gasteiger partial charge in [-0.2, -0.15) is 0 Å². The molecular formula is C20H26N2O6. The molecular weight excluding hydrogens is 364 g/mol. The highest BCUT2D eigenvalue weighted by atomic mass is 16.6. The van der Waals surface area contributed by atoms with Gasteiger partial charge in [0.1, 0.15) is 11.3 Å². The predicted molar refractivity (Wildman–Crippen MR) is 103 cm³/mol. The fraction of sp³-hybridized carbons (Fsp3) is 0.450. The van der Waals surface area contributed by atoms with E-state index >= 15 is 0 Å². The van der Waals surface area contributed by atoms with E-state index in [9.17, 15) is 14.4 Å². The average molecular weight is 390 g/mol. The molecule has 1 aromatic carbocycles. The molecule has 2 N–H and O–H groups in total. The number of carbonyl (C=O) groups is 3. The molecule has 0 saturated heterocycles. The Bertz CT molecular complexity index is 894. The first-order valence-corrected chi connectivity index (χ1v) is 9.01. The number of imide groups is 1. The number of benzene rings is 1. The molecule has 8 heteroatoms. The van der Waals surface area contributed by atoms with Crippen molar-refractivity contribution in [3.63, 3.8) is 0 Å². The third-order valence-corrected chi connectivity index (χ3v) is 3.78. The van der Waals surface area contributed by atoms with Gasteiger partial charge in [0.25, 0.3) is 5.91 Å². The lowest BCUT2D eigenvalue weighted by molar-refractivity contribution is -0.128. The zero-order valence-electron chi connectivity index (χ0n) is 17.0. The average Bonchev–Trinajstić information content (AvgIpc) is 2.90. The Kier molecular flexibility index (Phi) is 6.33. The van der Waals surface area contributed by atoms with E-state index in [1.165, 1.54) is 6.92 Å². The van der Waals surface area contributed by atoms with E-state index in [1.807, 2.05) is 6.92 Å². The molecule has 2 aromatic rings. The Morgan fingerprint density at radius 1 is 1.21 bits per heavy atom. The number of urea groups is 1. The summed E-state index contributed by atoms with van der Waals surface area (Å²) in [6.45, 7) is 10.8. The number of furan rings is 1. The minimum Gasteiger partial charge on any atom is -0.494 e. The number of carbonyl (C=O) groups excluding carboxylic acids is 3. The van der Waals surface area contributed by atoms with Gasteiger partial charge in [0, 0.05) is 16.5 Å². The third-order valence-electron chi connectivity index (χ3n) is 3.78. The van der Waals surface area contributed by atoms with Crippen LogP contribution in [0.2, 0.25) is 0 Å². The Morgan fingerprint density at radius 2 is 1.89 bits per heavy atom. The third kappa shape index (κ3) is 5.25. The SMILES string of the molecule is CCOc1ccc2oc(C(=O)O[C@@H](C)C(=O)NC(=O)NC(C)(C)C)c(C)c2c1. The lowest BCUT2D eigenvalue weighted by Gasteiger charge is -2.21. The minimum absolute atomic E-state index is 0.00226. The highest BCUT2D eigenvalue weighted by molar-refractivity contribution is 6.00. The van der Waals surface area contributed by atoms with Crippen LogP contribution < -0.4 is 15.4 Å². The van der Waals surface area contributed by atoms with E-state index in [1.54, 1.807) is 45.9 Å². The molecule has 0 bridgehead atoms. The van der Waals surface area contributed by atoms with Crippen molar-refractivity contribution in [2.24, 2.45) is 0 Å². The Balaban J connectivity index is 2.08. The largest absolute Gasteiger partial charge is 0.494 e. The summed E-state index contributed by atoms with van der Waals surface area (Å²) in [4.78, 5) is 36.3. The van der Waals surface area contributed by atoms with Crippen molar-refractivity contribution in [1.82, 2.24) is 10.6 Å². The number of esters is 1. The number of rotatable bonds is 5. The summed E-state index contributed by atoms with van der Waals surface area (Å²) in [5, 5.41) is 5.45. The summed E-state index contributed by atoms with van der Waals surface area (Å²) in [5.74, 6) is -0.855. The summed E-state index contributed by atoms with van der Waals surface area (Å²) in [6.07, 6.45) is -1.18. The second-order valence-corrected chi connectivity index (χ2v) is 7.39. The summed E-state index contributed by atoms with van der Waals surface area (Å²) >= 11 is 0. The van der Waals surface area contributed by atoms with Crippen LogP contribution in [0.15, 0.2) is 22.6 Å². The van der Waals surface area contributed by atoms with Crippen LogP contribution in [-0.2, 0) is 9.53 Å². The first-order chi connectivity index (χ1) is 13.0. The standard InChI is InChI=1S/C20H26N2O6/c1-7-26-13-8-9-15-14(10-13)11(2)16(28-15)18(24)27-12(3)17(23)21-19(25)22-20(4,5)6/h8-10,12H,7H2,1-6H3,(H2,21,22,23,25)/t12-/m0/s1. The van der Waals surface area contributed by atoms with E-state index < -0.39 is 29.6 Å². The molecule has 2 rings (SSSR count). The second kappa shape index (κ2) is 8.33. The maximum Gasteiger partial charge on any atom is 0.375 e. The van der Waals surface area contributed by atoms with E-state index in [-0.39, 0.29) is 5.76 Å². The van der Waals surface area contributed by atoms with Crippen LogP contribution in [0, 0.1) is 6.92 Å². The number of ether oxygens (including phenoxy) is 2. The van der Waals surface area contributed by atoms with Gasteiger partial charge in [-0.05, 0) is 59.7 Å². The number of hydrogen-bond donors (Lipinski definition) is 2. The molecule has 0 aliphatic carbocycles. The van der Waals surface area contributed by atoms with Gasteiger partial charge in [0.2, 0.25) is 5.76 Å². The zero-order chi connectivity index (χ0) is 21.1. The fourth-order valence-corrected chi connectivity index (χ4v) is 2.50. The molecule has 0 radical (unpaired) electrons. The fourth-order valence-electron chi connectivity index (χ4n) is 2.50. The molecule has 3 amide bonds. The van der Waals surface area contributed by atoms with Crippen molar-refractivity contribution in [2.75, 3.05) is 6.61 Å². The molecule has 1 heterocycles. The molecule has 0 saturated carbocycles. The van der Waals surface area contributed by atoms with Crippen LogP contribution in [0.1, 0.15) is 50.7 Å². The molecule has 0 aliphatic rings. The summed E-state index contributed by atoms with van der Waals surface area (Å²) in [5.41, 5.74) is 0.588. The number of hydrogen-bond acceptors (Lipinski definition) is 6. The van der Waals surface area contributed by atoms with Crippen LogP contribution in [0.3, 0.4) is 0 Å². The topological polar surface area (TPSA) is 107 Å². The summed E-state index contributed by atoms with van der Waals surface area (Å²) in [6, 6.07) is 4.57. The molecule has 1 atom stereocenters. The first-order valence-electron chi connectivity index (χ1n) is 9.01. The maximum atomic E-state index is 12.4. The molecule has 8 nitrogen and oxygen atoms in total. The smallest absolute Gasteiger partial charge is 0.375 e. The Hall–Kier alpha value is -3.03. The highest BCUT2D eigenvalue weighted by Gasteiger charge is 2.26. The van der Waals surface area contributed by atoms with Gasteiger partial charge in [0.05, 0.1) is 6.61 Å². The number of aryl methyl sites for hydroxylation is 1. The molecule has 152 valence electrons. The van der Waals surface area contributed by atoms with Crippen molar-refractivity contribution >= 4 is 28.9 Å². The second-order valence-electron chi connectivity index (χ2n) is 7.39. The quantitative estimate of drug-likeness (QED) is 0.759. The summed E-state index contributed by atoms with van der Waals surface area (Å²) in [7, 11) is 0. The number of fused-ring (bicyclic) bond motifs is 1. The van der Waals surface area contributed by atoms with E-state index in [0.29, 0.717) is 23.5 Å². The van der Waals surface area contributed by atoms with Gasteiger partial charge >= 0.3 is 12.0 Å². The van der Waals surface area contributed by atoms with Crippen LogP contribution >= 0.6 is 0 Å². The van der Waals surface area contributed by atoms with Crippen LogP contribution in [0.5, 0.6) is 5.75 Å². The Labute approximate surface area is 163 Å². The van der Waals surface area contributed by atoms with Gasteiger partial charge in [-0.25, -0.2) is 9.59 Å². The molecule has 0 spiro atoms. The van der Waals surface area contributed by atoms with Crippen LogP contribution in [0.25, 0.3) is 11.0 Å². The molecule has 0 unspecified atom stereocenters. The van der Waals surface area contributed by atoms with Gasteiger partial charge in [-0.1, -0.05) is 0 Å². The van der Waals surface area contributed by atoms with Gasteiger partial charge < -0.3 is 19.2 Å². The van der Waals surface area contributed by atoms with Gasteiger partial charge in [-0.15, -0.1) is 0 Å². The van der Waals surface area contributed by atoms with E-state index in [0.717, 1.165) is 5.39 Å². The lowest BCUT2D eigenvalue weighted by atomic mass is 10.1. The molecule has 0 aliphatic heterocycles. The predicted octanol–water partition coefficient (Wildman–Crippen LogP) is 3.31. The Morgan fingerprint density at radius 3 is 2.50 bits per heavy atom. The van der Waals surface area contributed by atoms with E-state index in [2.05, 4.69) is 10.6 Å².